The van der Waals surface area contributed by atoms with Crippen molar-refractivity contribution >= 4 is 11.0 Å². The van der Waals surface area contributed by atoms with Crippen molar-refractivity contribution in [3.05, 3.63) is 38.8 Å². The van der Waals surface area contributed by atoms with Crippen molar-refractivity contribution in [3.63, 3.8) is 0 Å². The number of fused-ring (bicyclic) bond motifs is 1. The van der Waals surface area contributed by atoms with Gasteiger partial charge in [0.25, 0.3) is 11.4 Å². The van der Waals surface area contributed by atoms with Gasteiger partial charge in [0.2, 0.25) is 0 Å². The molecule has 3 heterocycles. The third-order valence-electron chi connectivity index (χ3n) is 3.93. The number of hydrogen-bond donors (Lipinski definition) is 0. The fourth-order valence-corrected chi connectivity index (χ4v) is 2.45. The maximum atomic E-state index is 12.2. The molecule has 8 nitrogen and oxygen atoms in total. The lowest BCUT2D eigenvalue weighted by Gasteiger charge is -2.06. The number of rotatable bonds is 4. The Bertz CT molecular complexity index is 1010. The van der Waals surface area contributed by atoms with E-state index in [4.69, 9.17) is 4.52 Å². The van der Waals surface area contributed by atoms with Gasteiger partial charge in [0.05, 0.1) is 5.39 Å². The molecule has 0 aliphatic rings. The second-order valence-electron chi connectivity index (χ2n) is 6.22. The molecule has 0 spiro atoms. The largest absolute Gasteiger partial charge is 0.332 e. The molecule has 0 aromatic carbocycles. The molecule has 0 aliphatic carbocycles. The van der Waals surface area contributed by atoms with Gasteiger partial charge in [-0.3, -0.25) is 13.9 Å². The Balaban J connectivity index is 2.06. The first-order valence-electron chi connectivity index (χ1n) is 7.78. The van der Waals surface area contributed by atoms with E-state index < -0.39 is 5.69 Å². The minimum atomic E-state index is -0.430. The van der Waals surface area contributed by atoms with Crippen LogP contribution in [0.2, 0.25) is 0 Å². The van der Waals surface area contributed by atoms with E-state index in [-0.39, 0.29) is 11.4 Å². The van der Waals surface area contributed by atoms with Crippen LogP contribution in [0.25, 0.3) is 22.6 Å². The van der Waals surface area contributed by atoms with Gasteiger partial charge in [-0.25, -0.2) is 9.78 Å². The molecule has 0 atom stereocenters. The van der Waals surface area contributed by atoms with Crippen LogP contribution in [0.15, 0.2) is 26.2 Å². The molecule has 0 saturated carbocycles. The van der Waals surface area contributed by atoms with Crippen molar-refractivity contribution in [2.45, 2.75) is 26.7 Å². The molecule has 3 aromatic heterocycles. The van der Waals surface area contributed by atoms with Crippen LogP contribution in [0.3, 0.4) is 0 Å². The lowest BCUT2D eigenvalue weighted by molar-refractivity contribution is 0.418. The molecule has 0 bridgehead atoms. The molecule has 3 rings (SSSR count). The average Bonchev–Trinajstić information content (AvgIpc) is 3.04. The molecule has 3 aromatic rings. The summed E-state index contributed by atoms with van der Waals surface area (Å²) in [7, 11) is 3.01. The predicted molar refractivity (Wildman–Crippen MR) is 88.7 cm³/mol. The van der Waals surface area contributed by atoms with Crippen molar-refractivity contribution < 1.29 is 4.52 Å². The highest BCUT2D eigenvalue weighted by Gasteiger charge is 2.15. The highest BCUT2D eigenvalue weighted by atomic mass is 16.5. The third kappa shape index (κ3) is 2.75. The van der Waals surface area contributed by atoms with Crippen molar-refractivity contribution in [1.29, 1.82) is 0 Å². The van der Waals surface area contributed by atoms with Gasteiger partial charge in [-0.1, -0.05) is 19.0 Å². The Labute approximate surface area is 137 Å². The predicted octanol–water partition coefficient (Wildman–Crippen LogP) is 1.27. The maximum absolute atomic E-state index is 12.2. The summed E-state index contributed by atoms with van der Waals surface area (Å²) in [4.78, 5) is 32.9. The van der Waals surface area contributed by atoms with Gasteiger partial charge in [-0.05, 0) is 24.5 Å². The van der Waals surface area contributed by atoms with E-state index in [1.54, 1.807) is 19.2 Å². The van der Waals surface area contributed by atoms with Gasteiger partial charge in [-0.15, -0.1) is 0 Å². The summed E-state index contributed by atoms with van der Waals surface area (Å²) in [6.07, 6.45) is 1.70. The van der Waals surface area contributed by atoms with Gasteiger partial charge < -0.3 is 4.52 Å². The lowest BCUT2D eigenvalue weighted by Crippen LogP contribution is -2.37. The van der Waals surface area contributed by atoms with E-state index >= 15 is 0 Å². The summed E-state index contributed by atoms with van der Waals surface area (Å²) in [6, 6.07) is 3.27. The van der Waals surface area contributed by atoms with E-state index in [2.05, 4.69) is 29.0 Å². The summed E-state index contributed by atoms with van der Waals surface area (Å²) < 4.78 is 7.65. The number of pyridine rings is 1. The van der Waals surface area contributed by atoms with Gasteiger partial charge in [0.1, 0.15) is 11.3 Å². The fourth-order valence-electron chi connectivity index (χ4n) is 2.45. The van der Waals surface area contributed by atoms with Gasteiger partial charge in [0, 0.05) is 20.5 Å². The zero-order valence-electron chi connectivity index (χ0n) is 14.1. The van der Waals surface area contributed by atoms with E-state index in [9.17, 15) is 9.59 Å². The third-order valence-corrected chi connectivity index (χ3v) is 3.93. The number of hydrogen-bond acceptors (Lipinski definition) is 6. The van der Waals surface area contributed by atoms with E-state index in [0.717, 1.165) is 17.4 Å². The van der Waals surface area contributed by atoms with E-state index in [1.165, 1.54) is 11.6 Å². The van der Waals surface area contributed by atoms with Crippen molar-refractivity contribution in [2.24, 2.45) is 20.0 Å². The molecule has 0 amide bonds. The zero-order chi connectivity index (χ0) is 17.4. The summed E-state index contributed by atoms with van der Waals surface area (Å²) in [5.41, 5.74) is -0.0767. The number of aryl methyl sites for hydroxylation is 2. The molecule has 0 fully saturated rings. The van der Waals surface area contributed by atoms with Crippen LogP contribution in [0.4, 0.5) is 0 Å². The van der Waals surface area contributed by atoms with Crippen LogP contribution in [-0.4, -0.2) is 24.3 Å². The van der Waals surface area contributed by atoms with Gasteiger partial charge in [0.15, 0.2) is 5.82 Å². The molecule has 0 N–H and O–H groups in total. The Morgan fingerprint density at radius 2 is 1.88 bits per heavy atom. The Morgan fingerprint density at radius 1 is 1.12 bits per heavy atom. The number of nitrogens with zero attached hydrogens (tertiary/aromatic N) is 5. The fraction of sp³-hybridized carbons (Fsp3) is 0.438. The van der Waals surface area contributed by atoms with E-state index in [0.29, 0.717) is 28.5 Å². The Morgan fingerprint density at radius 3 is 2.58 bits per heavy atom. The average molecular weight is 329 g/mol. The van der Waals surface area contributed by atoms with Crippen LogP contribution < -0.4 is 11.2 Å². The van der Waals surface area contributed by atoms with Crippen molar-refractivity contribution in [3.8, 4) is 11.6 Å². The van der Waals surface area contributed by atoms with Crippen molar-refractivity contribution in [1.82, 2.24) is 24.3 Å². The van der Waals surface area contributed by atoms with Crippen LogP contribution in [-0.2, 0) is 20.5 Å². The Kier molecular flexibility index (Phi) is 4.04. The van der Waals surface area contributed by atoms with Gasteiger partial charge >= 0.3 is 5.69 Å². The maximum Gasteiger partial charge on any atom is 0.332 e. The molecule has 0 saturated heterocycles. The normalized spacial score (nSPS) is 11.5. The highest BCUT2D eigenvalue weighted by Crippen LogP contribution is 2.18. The molecule has 0 radical (unpaired) electrons. The van der Waals surface area contributed by atoms with Crippen molar-refractivity contribution in [2.75, 3.05) is 0 Å². The summed E-state index contributed by atoms with van der Waals surface area (Å²) in [5, 5.41) is 4.32. The first kappa shape index (κ1) is 16.1. The second-order valence-corrected chi connectivity index (χ2v) is 6.22. The molecule has 126 valence electrons. The monoisotopic (exact) mass is 329 g/mol. The molecular weight excluding hydrogens is 310 g/mol. The van der Waals surface area contributed by atoms with Gasteiger partial charge in [-0.2, -0.15) is 4.98 Å². The minimum Gasteiger partial charge on any atom is -0.332 e. The summed E-state index contributed by atoms with van der Waals surface area (Å²) in [6.45, 7) is 4.26. The van der Waals surface area contributed by atoms with Crippen LogP contribution in [0, 0.1) is 5.92 Å². The SMILES string of the molecule is CC(C)CCc1noc(-c2ccc3c(=O)n(C)c(=O)n(C)c3n2)n1. The molecule has 0 aliphatic heterocycles. The topological polar surface area (TPSA) is 95.8 Å². The van der Waals surface area contributed by atoms with Crippen LogP contribution in [0.1, 0.15) is 26.1 Å². The standard InChI is InChI=1S/C16H19N5O3/c1-9(2)5-8-12-18-14(24-19-12)11-7-6-10-13(17-11)20(3)16(23)21(4)15(10)22/h6-7,9H,5,8H2,1-4H3. The smallest absolute Gasteiger partial charge is 0.332 e. The highest BCUT2D eigenvalue weighted by molar-refractivity contribution is 5.76. The first-order valence-corrected chi connectivity index (χ1v) is 7.78. The lowest BCUT2D eigenvalue weighted by atomic mass is 10.1. The molecule has 0 unspecified atom stereocenters. The zero-order valence-corrected chi connectivity index (χ0v) is 14.1. The quantitative estimate of drug-likeness (QED) is 0.715. The van der Waals surface area contributed by atoms with E-state index in [1.807, 2.05) is 0 Å². The molecular formula is C16H19N5O3. The minimum absolute atomic E-state index is 0.281. The van der Waals surface area contributed by atoms with Crippen LogP contribution in [0.5, 0.6) is 0 Å². The Hall–Kier alpha value is -2.77. The molecule has 24 heavy (non-hydrogen) atoms. The molecule has 8 heteroatoms. The number of aromatic nitrogens is 5. The van der Waals surface area contributed by atoms with Crippen LogP contribution >= 0.6 is 0 Å². The second kappa shape index (κ2) is 6.03. The summed E-state index contributed by atoms with van der Waals surface area (Å²) >= 11 is 0. The summed E-state index contributed by atoms with van der Waals surface area (Å²) in [5.74, 6) is 1.46. The first-order chi connectivity index (χ1) is 11.4.